The first-order chi connectivity index (χ1) is 8.25. The largest absolute Gasteiger partial charge is 0.377 e. The zero-order valence-electron chi connectivity index (χ0n) is 10.2. The molecule has 17 heavy (non-hydrogen) atoms. The standard InChI is InChI=1S/C12H20BrN3S/c1-10(16-8-6-14-7-9-16)4-5-15-12-3-2-11(13)17-12/h2-3,10,14-15H,4-9H2,1H3. The maximum Gasteiger partial charge on any atom is 0.0894 e. The Balaban J connectivity index is 1.67. The molecule has 0 aromatic carbocycles. The normalized spacial score (nSPS) is 19.2. The molecule has 96 valence electrons. The van der Waals surface area contributed by atoms with E-state index in [9.17, 15) is 0 Å². The van der Waals surface area contributed by atoms with E-state index < -0.39 is 0 Å². The van der Waals surface area contributed by atoms with Crippen LogP contribution in [-0.4, -0.2) is 43.7 Å². The SMILES string of the molecule is CC(CCNc1ccc(Br)s1)N1CCNCC1. The summed E-state index contributed by atoms with van der Waals surface area (Å²) in [4.78, 5) is 2.57. The number of thiophene rings is 1. The number of nitrogens with zero attached hydrogens (tertiary/aromatic N) is 1. The Morgan fingerprint density at radius 1 is 1.47 bits per heavy atom. The summed E-state index contributed by atoms with van der Waals surface area (Å²) in [6, 6.07) is 4.89. The Labute approximate surface area is 116 Å². The highest BCUT2D eigenvalue weighted by Crippen LogP contribution is 2.26. The number of hydrogen-bond donors (Lipinski definition) is 2. The van der Waals surface area contributed by atoms with Crippen LogP contribution in [0.1, 0.15) is 13.3 Å². The van der Waals surface area contributed by atoms with Crippen LogP contribution in [0.25, 0.3) is 0 Å². The zero-order valence-corrected chi connectivity index (χ0v) is 12.6. The van der Waals surface area contributed by atoms with Crippen molar-refractivity contribution in [1.82, 2.24) is 10.2 Å². The van der Waals surface area contributed by atoms with Gasteiger partial charge < -0.3 is 10.6 Å². The van der Waals surface area contributed by atoms with Gasteiger partial charge in [-0.3, -0.25) is 4.90 Å². The Kier molecular flexibility index (Phi) is 5.28. The molecule has 1 fully saturated rings. The molecule has 1 aromatic rings. The van der Waals surface area contributed by atoms with E-state index in [0.29, 0.717) is 6.04 Å². The van der Waals surface area contributed by atoms with Crippen LogP contribution in [0.5, 0.6) is 0 Å². The average Bonchev–Trinajstić information content (AvgIpc) is 2.76. The maximum atomic E-state index is 3.48. The number of rotatable bonds is 5. The Hall–Kier alpha value is -0.100. The van der Waals surface area contributed by atoms with Crippen molar-refractivity contribution in [2.75, 3.05) is 38.0 Å². The molecule has 0 aliphatic carbocycles. The molecule has 1 unspecified atom stereocenters. The van der Waals surface area contributed by atoms with E-state index in [1.807, 2.05) is 0 Å². The smallest absolute Gasteiger partial charge is 0.0894 e. The van der Waals surface area contributed by atoms with Crippen LogP contribution >= 0.6 is 27.3 Å². The molecule has 1 saturated heterocycles. The molecule has 1 atom stereocenters. The molecule has 2 heterocycles. The van der Waals surface area contributed by atoms with Gasteiger partial charge in [-0.15, -0.1) is 11.3 Å². The van der Waals surface area contributed by atoms with Gasteiger partial charge in [0.2, 0.25) is 0 Å². The zero-order chi connectivity index (χ0) is 12.1. The first kappa shape index (κ1) is 13.3. The van der Waals surface area contributed by atoms with E-state index in [1.54, 1.807) is 11.3 Å². The van der Waals surface area contributed by atoms with Crippen LogP contribution in [0.4, 0.5) is 5.00 Å². The van der Waals surface area contributed by atoms with Crippen LogP contribution in [0.2, 0.25) is 0 Å². The monoisotopic (exact) mass is 317 g/mol. The first-order valence-electron chi connectivity index (χ1n) is 6.19. The van der Waals surface area contributed by atoms with Gasteiger partial charge in [0.1, 0.15) is 0 Å². The lowest BCUT2D eigenvalue weighted by atomic mass is 10.2. The van der Waals surface area contributed by atoms with Crippen molar-refractivity contribution in [3.63, 3.8) is 0 Å². The average molecular weight is 318 g/mol. The Morgan fingerprint density at radius 3 is 2.88 bits per heavy atom. The molecule has 3 nitrogen and oxygen atoms in total. The van der Waals surface area contributed by atoms with Gasteiger partial charge >= 0.3 is 0 Å². The molecule has 0 spiro atoms. The number of hydrogen-bond acceptors (Lipinski definition) is 4. The quantitative estimate of drug-likeness (QED) is 0.874. The third-order valence-corrected chi connectivity index (χ3v) is 4.79. The minimum absolute atomic E-state index is 0.674. The summed E-state index contributed by atoms with van der Waals surface area (Å²) in [5.41, 5.74) is 0. The van der Waals surface area contributed by atoms with Gasteiger partial charge in [0.25, 0.3) is 0 Å². The van der Waals surface area contributed by atoms with Gasteiger partial charge in [0.15, 0.2) is 0 Å². The lowest BCUT2D eigenvalue weighted by molar-refractivity contribution is 0.179. The number of anilines is 1. The molecule has 2 rings (SSSR count). The van der Waals surface area contributed by atoms with Crippen molar-refractivity contribution in [2.24, 2.45) is 0 Å². The summed E-state index contributed by atoms with van der Waals surface area (Å²) < 4.78 is 1.19. The number of nitrogens with one attached hydrogen (secondary N) is 2. The van der Waals surface area contributed by atoms with E-state index >= 15 is 0 Å². The molecular weight excluding hydrogens is 298 g/mol. The second-order valence-electron chi connectivity index (χ2n) is 4.45. The van der Waals surface area contributed by atoms with Crippen molar-refractivity contribution < 1.29 is 0 Å². The van der Waals surface area contributed by atoms with Crippen LogP contribution in [0.3, 0.4) is 0 Å². The van der Waals surface area contributed by atoms with Crippen LogP contribution in [0, 0.1) is 0 Å². The molecule has 0 saturated carbocycles. The second kappa shape index (κ2) is 6.73. The lowest BCUT2D eigenvalue weighted by Gasteiger charge is -2.32. The Morgan fingerprint density at radius 2 is 2.24 bits per heavy atom. The van der Waals surface area contributed by atoms with Crippen molar-refractivity contribution in [3.8, 4) is 0 Å². The van der Waals surface area contributed by atoms with E-state index in [1.165, 1.54) is 28.3 Å². The maximum absolute atomic E-state index is 3.48. The number of halogens is 1. The molecular formula is C12H20BrN3S. The fourth-order valence-electron chi connectivity index (χ4n) is 2.12. The first-order valence-corrected chi connectivity index (χ1v) is 7.80. The molecule has 1 aliphatic rings. The molecule has 0 amide bonds. The highest BCUT2D eigenvalue weighted by molar-refractivity contribution is 9.11. The van der Waals surface area contributed by atoms with E-state index in [-0.39, 0.29) is 0 Å². The minimum atomic E-state index is 0.674. The summed E-state index contributed by atoms with van der Waals surface area (Å²) in [5.74, 6) is 0. The highest BCUT2D eigenvalue weighted by Gasteiger charge is 2.15. The van der Waals surface area contributed by atoms with Gasteiger partial charge in [0.05, 0.1) is 8.79 Å². The molecule has 0 bridgehead atoms. The fourth-order valence-corrected chi connectivity index (χ4v) is 3.43. The van der Waals surface area contributed by atoms with E-state index in [0.717, 1.165) is 19.6 Å². The van der Waals surface area contributed by atoms with Crippen LogP contribution in [0.15, 0.2) is 15.9 Å². The summed E-state index contributed by atoms with van der Waals surface area (Å²) in [6.07, 6.45) is 1.20. The van der Waals surface area contributed by atoms with Gasteiger partial charge in [-0.1, -0.05) is 0 Å². The topological polar surface area (TPSA) is 27.3 Å². The molecule has 1 aromatic heterocycles. The summed E-state index contributed by atoms with van der Waals surface area (Å²) in [6.45, 7) is 8.03. The summed E-state index contributed by atoms with van der Waals surface area (Å²) >= 11 is 5.24. The predicted molar refractivity (Wildman–Crippen MR) is 79.0 cm³/mol. The summed E-state index contributed by atoms with van der Waals surface area (Å²) in [5, 5.41) is 8.13. The van der Waals surface area contributed by atoms with Gasteiger partial charge in [-0.2, -0.15) is 0 Å². The van der Waals surface area contributed by atoms with Gasteiger partial charge in [0, 0.05) is 38.8 Å². The van der Waals surface area contributed by atoms with Crippen LogP contribution < -0.4 is 10.6 Å². The summed E-state index contributed by atoms with van der Waals surface area (Å²) in [7, 11) is 0. The molecule has 1 aliphatic heterocycles. The van der Waals surface area contributed by atoms with Crippen molar-refractivity contribution >= 4 is 32.3 Å². The van der Waals surface area contributed by atoms with Crippen LogP contribution in [-0.2, 0) is 0 Å². The van der Waals surface area contributed by atoms with E-state index in [2.05, 4.69) is 50.5 Å². The highest BCUT2D eigenvalue weighted by atomic mass is 79.9. The second-order valence-corrected chi connectivity index (χ2v) is 6.92. The van der Waals surface area contributed by atoms with Gasteiger partial charge in [-0.05, 0) is 41.4 Å². The third-order valence-electron chi connectivity index (χ3n) is 3.21. The fraction of sp³-hybridized carbons (Fsp3) is 0.667. The van der Waals surface area contributed by atoms with Crippen molar-refractivity contribution in [1.29, 1.82) is 0 Å². The third kappa shape index (κ3) is 4.25. The van der Waals surface area contributed by atoms with E-state index in [4.69, 9.17) is 0 Å². The van der Waals surface area contributed by atoms with Crippen molar-refractivity contribution in [2.45, 2.75) is 19.4 Å². The van der Waals surface area contributed by atoms with Crippen molar-refractivity contribution in [3.05, 3.63) is 15.9 Å². The molecule has 0 radical (unpaired) electrons. The molecule has 5 heteroatoms. The van der Waals surface area contributed by atoms with Gasteiger partial charge in [-0.25, -0.2) is 0 Å². The number of piperazine rings is 1. The Bertz CT molecular complexity index is 336. The minimum Gasteiger partial charge on any atom is -0.377 e. The lowest BCUT2D eigenvalue weighted by Crippen LogP contribution is -2.47. The molecule has 2 N–H and O–H groups in total. The predicted octanol–water partition coefficient (Wildman–Crippen LogP) is 2.61.